The van der Waals surface area contributed by atoms with E-state index in [2.05, 4.69) is 0 Å². The Kier molecular flexibility index (Phi) is 4.56. The predicted molar refractivity (Wildman–Crippen MR) is 41.5 cm³/mol. The molecule has 0 atom stereocenters. The number of phenolic OH excluding ortho intramolecular Hbond substituents is 1. The zero-order valence-electron chi connectivity index (χ0n) is 6.19. The van der Waals surface area contributed by atoms with E-state index in [1.54, 1.807) is 12.1 Å². The molecular weight excluding hydrogens is 144 g/mol. The molecule has 0 fully saturated rings. The average Bonchev–Trinajstić information content (AvgIpc) is 1.97. The third-order valence-electron chi connectivity index (χ3n) is 1.03. The molecule has 2 N–H and O–H groups in total. The van der Waals surface area contributed by atoms with Crippen LogP contribution in [0.5, 0.6) is 5.75 Å². The van der Waals surface area contributed by atoms with Crippen LogP contribution in [0.2, 0.25) is 0 Å². The molecule has 0 bridgehead atoms. The van der Waals surface area contributed by atoms with Gasteiger partial charge in [-0.25, -0.2) is 0 Å². The van der Waals surface area contributed by atoms with Crippen molar-refractivity contribution in [3.8, 4) is 5.75 Å². The minimum absolute atomic E-state index is 0.250. The minimum Gasteiger partial charge on any atom is -0.508 e. The van der Waals surface area contributed by atoms with Gasteiger partial charge in [-0.2, -0.15) is 0 Å². The standard InChI is InChI=1S/C7H8O.CH2O2/c1-6-2-4-7(8)5-3-6;2-1-3/h2-5,8H,1H3;1H,(H,2,3). The number of carbonyl (C=O) groups is 1. The fourth-order valence-electron chi connectivity index (χ4n) is 0.545. The lowest BCUT2D eigenvalue weighted by molar-refractivity contribution is -0.122. The molecule has 11 heavy (non-hydrogen) atoms. The number of benzene rings is 1. The lowest BCUT2D eigenvalue weighted by Gasteiger charge is -1.89. The monoisotopic (exact) mass is 154 g/mol. The molecule has 1 aromatic rings. The van der Waals surface area contributed by atoms with Crippen LogP contribution in [0.3, 0.4) is 0 Å². The van der Waals surface area contributed by atoms with Gasteiger partial charge in [0.2, 0.25) is 0 Å². The van der Waals surface area contributed by atoms with E-state index in [0.717, 1.165) is 0 Å². The number of rotatable bonds is 0. The maximum absolute atomic E-state index is 8.76. The van der Waals surface area contributed by atoms with E-state index >= 15 is 0 Å². The van der Waals surface area contributed by atoms with E-state index in [1.807, 2.05) is 19.1 Å². The summed E-state index contributed by atoms with van der Waals surface area (Å²) in [4.78, 5) is 8.36. The molecule has 3 nitrogen and oxygen atoms in total. The molecule has 0 aliphatic rings. The Hall–Kier alpha value is -1.51. The summed E-state index contributed by atoms with van der Waals surface area (Å²) in [6, 6.07) is 7.09. The summed E-state index contributed by atoms with van der Waals surface area (Å²) in [6.07, 6.45) is 0. The summed E-state index contributed by atoms with van der Waals surface area (Å²) < 4.78 is 0. The van der Waals surface area contributed by atoms with Gasteiger partial charge in [-0.1, -0.05) is 17.7 Å². The fraction of sp³-hybridized carbons (Fsp3) is 0.125. The minimum atomic E-state index is -0.250. The molecule has 0 amide bonds. The van der Waals surface area contributed by atoms with Crippen LogP contribution in [0.25, 0.3) is 0 Å². The van der Waals surface area contributed by atoms with Crippen LogP contribution in [-0.4, -0.2) is 16.7 Å². The van der Waals surface area contributed by atoms with Crippen molar-refractivity contribution in [2.75, 3.05) is 0 Å². The summed E-state index contributed by atoms with van der Waals surface area (Å²) in [7, 11) is 0. The van der Waals surface area contributed by atoms with E-state index < -0.39 is 0 Å². The first-order chi connectivity index (χ1) is 5.20. The maximum Gasteiger partial charge on any atom is 0.290 e. The second kappa shape index (κ2) is 5.29. The van der Waals surface area contributed by atoms with Crippen LogP contribution in [0.1, 0.15) is 5.56 Å². The molecule has 1 rings (SSSR count). The SMILES string of the molecule is Cc1ccc(O)cc1.O=CO. The van der Waals surface area contributed by atoms with Crippen LogP contribution in [0.4, 0.5) is 0 Å². The van der Waals surface area contributed by atoms with Gasteiger partial charge < -0.3 is 10.2 Å². The number of hydrogen-bond donors (Lipinski definition) is 2. The molecule has 0 saturated heterocycles. The Bertz CT molecular complexity index is 182. The summed E-state index contributed by atoms with van der Waals surface area (Å²) in [5, 5.41) is 15.6. The first-order valence-electron chi connectivity index (χ1n) is 3.04. The highest BCUT2D eigenvalue weighted by atomic mass is 16.3. The molecular formula is C8H10O3. The highest BCUT2D eigenvalue weighted by Gasteiger charge is 1.82. The third-order valence-corrected chi connectivity index (χ3v) is 1.03. The number of carboxylic acid groups (broad SMARTS) is 1. The van der Waals surface area contributed by atoms with Crippen molar-refractivity contribution in [2.45, 2.75) is 6.92 Å². The highest BCUT2D eigenvalue weighted by molar-refractivity contribution is 5.32. The number of aromatic hydroxyl groups is 1. The van der Waals surface area contributed by atoms with Crippen LogP contribution in [-0.2, 0) is 4.79 Å². The summed E-state index contributed by atoms with van der Waals surface area (Å²) in [5.41, 5.74) is 1.17. The summed E-state index contributed by atoms with van der Waals surface area (Å²) in [5.74, 6) is 0.329. The van der Waals surface area contributed by atoms with E-state index in [9.17, 15) is 0 Å². The largest absolute Gasteiger partial charge is 0.508 e. The molecule has 0 spiro atoms. The van der Waals surface area contributed by atoms with Crippen molar-refractivity contribution in [3.05, 3.63) is 29.8 Å². The molecule has 1 aromatic carbocycles. The number of aryl methyl sites for hydroxylation is 1. The van der Waals surface area contributed by atoms with Crippen LogP contribution in [0, 0.1) is 6.92 Å². The lowest BCUT2D eigenvalue weighted by Crippen LogP contribution is -1.66. The Balaban J connectivity index is 0.000000292. The van der Waals surface area contributed by atoms with Crippen molar-refractivity contribution in [1.82, 2.24) is 0 Å². The van der Waals surface area contributed by atoms with Gasteiger partial charge in [0.1, 0.15) is 5.75 Å². The maximum atomic E-state index is 8.76. The van der Waals surface area contributed by atoms with E-state index in [-0.39, 0.29) is 6.47 Å². The third kappa shape index (κ3) is 4.96. The van der Waals surface area contributed by atoms with Crippen molar-refractivity contribution in [1.29, 1.82) is 0 Å². The highest BCUT2D eigenvalue weighted by Crippen LogP contribution is 2.07. The molecule has 0 aliphatic carbocycles. The van der Waals surface area contributed by atoms with Gasteiger partial charge in [0, 0.05) is 0 Å². The van der Waals surface area contributed by atoms with Crippen molar-refractivity contribution in [2.24, 2.45) is 0 Å². The Labute approximate surface area is 64.9 Å². The molecule has 0 saturated carbocycles. The second-order valence-corrected chi connectivity index (χ2v) is 1.94. The van der Waals surface area contributed by atoms with Crippen molar-refractivity contribution >= 4 is 6.47 Å². The Morgan fingerprint density at radius 2 is 1.64 bits per heavy atom. The molecule has 0 radical (unpaired) electrons. The van der Waals surface area contributed by atoms with E-state index in [0.29, 0.717) is 5.75 Å². The lowest BCUT2D eigenvalue weighted by atomic mass is 10.2. The normalized spacial score (nSPS) is 7.73. The van der Waals surface area contributed by atoms with Gasteiger partial charge in [-0.3, -0.25) is 4.79 Å². The molecule has 0 aromatic heterocycles. The Morgan fingerprint density at radius 3 is 1.91 bits per heavy atom. The molecule has 3 heteroatoms. The summed E-state index contributed by atoms with van der Waals surface area (Å²) >= 11 is 0. The zero-order chi connectivity index (χ0) is 8.69. The number of hydrogen-bond acceptors (Lipinski definition) is 2. The van der Waals surface area contributed by atoms with Gasteiger partial charge in [0.15, 0.2) is 0 Å². The first-order valence-corrected chi connectivity index (χ1v) is 3.04. The fourth-order valence-corrected chi connectivity index (χ4v) is 0.545. The second-order valence-electron chi connectivity index (χ2n) is 1.94. The van der Waals surface area contributed by atoms with Gasteiger partial charge in [-0.15, -0.1) is 0 Å². The number of phenols is 1. The van der Waals surface area contributed by atoms with Gasteiger partial charge in [0.25, 0.3) is 6.47 Å². The molecule has 60 valence electrons. The van der Waals surface area contributed by atoms with E-state index in [1.165, 1.54) is 5.56 Å². The average molecular weight is 154 g/mol. The van der Waals surface area contributed by atoms with E-state index in [4.69, 9.17) is 15.0 Å². The predicted octanol–water partition coefficient (Wildman–Crippen LogP) is 1.40. The van der Waals surface area contributed by atoms with Gasteiger partial charge in [-0.05, 0) is 19.1 Å². The smallest absolute Gasteiger partial charge is 0.290 e. The van der Waals surface area contributed by atoms with Crippen molar-refractivity contribution in [3.63, 3.8) is 0 Å². The molecule has 0 aliphatic heterocycles. The van der Waals surface area contributed by atoms with Crippen LogP contribution in [0.15, 0.2) is 24.3 Å². The topological polar surface area (TPSA) is 57.5 Å². The zero-order valence-corrected chi connectivity index (χ0v) is 6.19. The molecule has 0 heterocycles. The molecule has 0 unspecified atom stereocenters. The first kappa shape index (κ1) is 9.49. The van der Waals surface area contributed by atoms with Crippen LogP contribution < -0.4 is 0 Å². The Morgan fingerprint density at radius 1 is 1.27 bits per heavy atom. The van der Waals surface area contributed by atoms with Gasteiger partial charge in [0.05, 0.1) is 0 Å². The van der Waals surface area contributed by atoms with Gasteiger partial charge >= 0.3 is 0 Å². The van der Waals surface area contributed by atoms with Crippen molar-refractivity contribution < 1.29 is 15.0 Å². The summed E-state index contributed by atoms with van der Waals surface area (Å²) in [6.45, 7) is 1.74. The van der Waals surface area contributed by atoms with Crippen LogP contribution >= 0.6 is 0 Å². The quantitative estimate of drug-likeness (QED) is 0.555.